The van der Waals surface area contributed by atoms with Crippen LogP contribution in [0.2, 0.25) is 0 Å². The van der Waals surface area contributed by atoms with E-state index in [1.165, 1.54) is 6.20 Å². The monoisotopic (exact) mass is 344 g/mol. The van der Waals surface area contributed by atoms with Crippen molar-refractivity contribution in [2.75, 3.05) is 19.7 Å². The molecule has 0 saturated carbocycles. The first kappa shape index (κ1) is 17.4. The number of aromatic amines is 1. The Bertz CT molecular complexity index is 704. The maximum atomic E-state index is 12.7. The van der Waals surface area contributed by atoms with E-state index in [4.69, 9.17) is 4.74 Å². The maximum Gasteiger partial charge on any atom is 0.227 e. The van der Waals surface area contributed by atoms with Crippen molar-refractivity contribution in [3.63, 3.8) is 0 Å². The Morgan fingerprint density at radius 2 is 2.36 bits per heavy atom. The van der Waals surface area contributed by atoms with Gasteiger partial charge in [-0.05, 0) is 37.0 Å². The van der Waals surface area contributed by atoms with Crippen LogP contribution in [0.4, 0.5) is 0 Å². The number of likely N-dealkylation sites (tertiary alicyclic amines) is 1. The van der Waals surface area contributed by atoms with Gasteiger partial charge in [-0.1, -0.05) is 19.1 Å². The number of benzene rings is 1. The number of nitrogens with zero attached hydrogens (tertiary/aromatic N) is 3. The molecule has 1 aromatic carbocycles. The lowest BCUT2D eigenvalue weighted by molar-refractivity contribution is -0.138. The second-order valence-corrected chi connectivity index (χ2v) is 6.48. The Labute approximate surface area is 147 Å². The average molecular weight is 344 g/mol. The van der Waals surface area contributed by atoms with Crippen molar-refractivity contribution in [3.8, 4) is 5.75 Å². The van der Waals surface area contributed by atoms with E-state index in [1.807, 2.05) is 24.3 Å². The number of aromatic nitrogens is 3. The van der Waals surface area contributed by atoms with Crippen molar-refractivity contribution in [1.82, 2.24) is 20.3 Å². The number of hydrogen-bond donors (Lipinski definition) is 2. The molecule has 0 bridgehead atoms. The van der Waals surface area contributed by atoms with Crippen LogP contribution in [0.15, 0.2) is 30.5 Å². The van der Waals surface area contributed by atoms with E-state index in [0.717, 1.165) is 24.2 Å². The molecular weight excluding hydrogens is 320 g/mol. The highest BCUT2D eigenvalue weighted by atomic mass is 16.5. The summed E-state index contributed by atoms with van der Waals surface area (Å²) in [6, 6.07) is 7.62. The molecule has 1 aliphatic heterocycles. The van der Waals surface area contributed by atoms with Crippen molar-refractivity contribution < 1.29 is 14.6 Å². The number of hydrogen-bond acceptors (Lipinski definition) is 5. The van der Waals surface area contributed by atoms with E-state index in [-0.39, 0.29) is 18.9 Å². The van der Waals surface area contributed by atoms with Crippen LogP contribution in [-0.4, -0.2) is 51.0 Å². The molecule has 3 rings (SSSR count). The zero-order chi connectivity index (χ0) is 17.7. The third-order valence-corrected chi connectivity index (χ3v) is 4.44. The van der Waals surface area contributed by atoms with Gasteiger partial charge in [-0.25, -0.2) is 0 Å². The van der Waals surface area contributed by atoms with Gasteiger partial charge in [0.2, 0.25) is 5.91 Å². The summed E-state index contributed by atoms with van der Waals surface area (Å²) >= 11 is 0. The number of carbonyl (C=O) groups is 1. The zero-order valence-corrected chi connectivity index (χ0v) is 14.4. The molecule has 1 saturated heterocycles. The van der Waals surface area contributed by atoms with E-state index >= 15 is 0 Å². The fourth-order valence-electron chi connectivity index (χ4n) is 3.14. The molecule has 1 aliphatic rings. The summed E-state index contributed by atoms with van der Waals surface area (Å²) in [7, 11) is 0. The number of H-pyrrole nitrogens is 1. The number of rotatable bonds is 6. The van der Waals surface area contributed by atoms with Crippen LogP contribution in [0.5, 0.6) is 5.75 Å². The number of carbonyl (C=O) groups excluding carboxylic acids is 1. The molecule has 1 fully saturated rings. The second-order valence-electron chi connectivity index (χ2n) is 6.48. The minimum atomic E-state index is -1.13. The summed E-state index contributed by atoms with van der Waals surface area (Å²) in [6.07, 6.45) is 4.05. The predicted molar refractivity (Wildman–Crippen MR) is 92.0 cm³/mol. The minimum absolute atomic E-state index is 0.00531. The molecule has 0 aliphatic carbocycles. The molecule has 1 aromatic heterocycles. The first-order valence-electron chi connectivity index (χ1n) is 8.69. The lowest BCUT2D eigenvalue weighted by Gasteiger charge is -2.38. The molecule has 7 nitrogen and oxygen atoms in total. The second kappa shape index (κ2) is 7.65. The van der Waals surface area contributed by atoms with E-state index < -0.39 is 5.60 Å². The summed E-state index contributed by atoms with van der Waals surface area (Å²) in [5.74, 6) is 0.777. The van der Waals surface area contributed by atoms with Gasteiger partial charge in [0, 0.05) is 6.54 Å². The highest BCUT2D eigenvalue weighted by Gasteiger charge is 2.38. The van der Waals surface area contributed by atoms with Crippen LogP contribution in [0.25, 0.3) is 0 Å². The highest BCUT2D eigenvalue weighted by Crippen LogP contribution is 2.30. The molecular formula is C18H24N4O3. The number of ether oxygens (including phenoxy) is 1. The van der Waals surface area contributed by atoms with E-state index in [9.17, 15) is 9.90 Å². The van der Waals surface area contributed by atoms with Crippen molar-refractivity contribution in [2.24, 2.45) is 0 Å². The summed E-state index contributed by atoms with van der Waals surface area (Å²) in [5, 5.41) is 21.1. The fourth-order valence-corrected chi connectivity index (χ4v) is 3.14. The van der Waals surface area contributed by atoms with Crippen molar-refractivity contribution in [1.29, 1.82) is 0 Å². The van der Waals surface area contributed by atoms with Gasteiger partial charge in [0.15, 0.2) is 0 Å². The smallest absolute Gasteiger partial charge is 0.227 e. The fraction of sp³-hybridized carbons (Fsp3) is 0.500. The van der Waals surface area contributed by atoms with Crippen molar-refractivity contribution >= 4 is 5.91 Å². The SMILES string of the molecule is CCCOc1cccc(CC(=O)N2CCCC(O)(c3cn[nH]n3)C2)c1. The number of aliphatic hydroxyl groups is 1. The van der Waals surface area contributed by atoms with Crippen LogP contribution in [0, 0.1) is 0 Å². The molecule has 0 radical (unpaired) electrons. The Morgan fingerprint density at radius 3 is 3.12 bits per heavy atom. The van der Waals surface area contributed by atoms with Crippen molar-refractivity contribution in [2.45, 2.75) is 38.2 Å². The first-order valence-corrected chi connectivity index (χ1v) is 8.69. The van der Waals surface area contributed by atoms with Crippen molar-refractivity contribution in [3.05, 3.63) is 41.7 Å². The molecule has 1 atom stereocenters. The third kappa shape index (κ3) is 4.17. The topological polar surface area (TPSA) is 91.3 Å². The Morgan fingerprint density at radius 1 is 1.48 bits per heavy atom. The van der Waals surface area contributed by atoms with Gasteiger partial charge in [0.1, 0.15) is 17.0 Å². The molecule has 2 heterocycles. The maximum absolute atomic E-state index is 12.7. The molecule has 2 aromatic rings. The van der Waals surface area contributed by atoms with Gasteiger partial charge in [-0.2, -0.15) is 15.4 Å². The molecule has 134 valence electrons. The lowest BCUT2D eigenvalue weighted by atomic mass is 9.89. The van der Waals surface area contributed by atoms with Gasteiger partial charge >= 0.3 is 0 Å². The molecule has 0 spiro atoms. The summed E-state index contributed by atoms with van der Waals surface area (Å²) < 4.78 is 5.62. The van der Waals surface area contributed by atoms with Crippen LogP contribution >= 0.6 is 0 Å². The van der Waals surface area contributed by atoms with Crippen LogP contribution in [-0.2, 0) is 16.8 Å². The number of amides is 1. The number of β-amino-alcohol motifs (C(OH)–C–C–N with tert-alkyl or cyclic N) is 1. The summed E-state index contributed by atoms with van der Waals surface area (Å²) in [6.45, 7) is 3.60. The van der Waals surface area contributed by atoms with E-state index in [2.05, 4.69) is 22.3 Å². The quantitative estimate of drug-likeness (QED) is 0.831. The predicted octanol–water partition coefficient (Wildman–Crippen LogP) is 1.65. The van der Waals surface area contributed by atoms with Gasteiger partial charge in [0.05, 0.1) is 25.8 Å². The first-order chi connectivity index (χ1) is 12.1. The van der Waals surface area contributed by atoms with Crippen LogP contribution in [0.1, 0.15) is 37.4 Å². The highest BCUT2D eigenvalue weighted by molar-refractivity contribution is 5.79. The zero-order valence-electron chi connectivity index (χ0n) is 14.4. The standard InChI is InChI=1S/C18H24N4O3/c1-2-9-25-15-6-3-5-14(10-15)11-17(23)22-8-4-7-18(24,13-22)16-12-19-21-20-16/h3,5-6,10,12,24H,2,4,7-9,11,13H2,1H3,(H,19,20,21). The molecule has 2 N–H and O–H groups in total. The molecule has 1 unspecified atom stereocenters. The molecule has 25 heavy (non-hydrogen) atoms. The Kier molecular flexibility index (Phi) is 5.33. The van der Waals surface area contributed by atoms with Crippen LogP contribution < -0.4 is 4.74 Å². The number of piperidine rings is 1. The minimum Gasteiger partial charge on any atom is -0.494 e. The molecule has 1 amide bonds. The van der Waals surface area contributed by atoms with Gasteiger partial charge in [-0.3, -0.25) is 4.79 Å². The van der Waals surface area contributed by atoms with E-state index in [0.29, 0.717) is 25.3 Å². The molecule has 7 heteroatoms. The largest absolute Gasteiger partial charge is 0.494 e. The summed E-state index contributed by atoms with van der Waals surface area (Å²) in [5.41, 5.74) is 0.265. The third-order valence-electron chi connectivity index (χ3n) is 4.44. The number of nitrogens with one attached hydrogen (secondary N) is 1. The van der Waals surface area contributed by atoms with Gasteiger partial charge in [0.25, 0.3) is 0 Å². The van der Waals surface area contributed by atoms with E-state index in [1.54, 1.807) is 4.90 Å². The normalized spacial score (nSPS) is 20.5. The Balaban J connectivity index is 1.65. The van der Waals surface area contributed by atoms with Crippen LogP contribution in [0.3, 0.4) is 0 Å². The average Bonchev–Trinajstić information content (AvgIpc) is 3.16. The van der Waals surface area contributed by atoms with Gasteiger partial charge < -0.3 is 14.7 Å². The Hall–Kier alpha value is -2.41. The summed E-state index contributed by atoms with van der Waals surface area (Å²) in [4.78, 5) is 14.4. The van der Waals surface area contributed by atoms with Gasteiger partial charge in [-0.15, -0.1) is 0 Å². The lowest BCUT2D eigenvalue weighted by Crippen LogP contribution is -2.49.